The van der Waals surface area contributed by atoms with E-state index in [9.17, 15) is 27.6 Å². The van der Waals surface area contributed by atoms with Crippen LogP contribution < -0.4 is 10.6 Å². The van der Waals surface area contributed by atoms with Crippen molar-refractivity contribution in [3.63, 3.8) is 0 Å². The minimum absolute atomic E-state index is 0.00944. The van der Waals surface area contributed by atoms with Gasteiger partial charge in [0.05, 0.1) is 33.3 Å². The van der Waals surface area contributed by atoms with Crippen LogP contribution in [0.5, 0.6) is 0 Å². The molecule has 36 heavy (non-hydrogen) atoms. The number of hydrogen-bond acceptors (Lipinski definition) is 5. The van der Waals surface area contributed by atoms with E-state index in [4.69, 9.17) is 16.3 Å². The predicted molar refractivity (Wildman–Crippen MR) is 133 cm³/mol. The van der Waals surface area contributed by atoms with Crippen molar-refractivity contribution in [3.8, 4) is 0 Å². The number of ether oxygens (including phenoxy) is 1. The van der Waals surface area contributed by atoms with E-state index in [2.05, 4.69) is 10.6 Å². The Labute approximate surface area is 214 Å². The van der Waals surface area contributed by atoms with E-state index in [0.717, 1.165) is 35.1 Å². The molecule has 0 atom stereocenters. The number of esters is 1. The second-order valence-corrected chi connectivity index (χ2v) is 9.09. The second kappa shape index (κ2) is 11.6. The first-order valence-corrected chi connectivity index (χ1v) is 12.0. The van der Waals surface area contributed by atoms with Gasteiger partial charge in [-0.3, -0.25) is 9.59 Å². The average Bonchev–Trinajstić information content (AvgIpc) is 3.15. The lowest BCUT2D eigenvalue weighted by Crippen LogP contribution is -2.15. The summed E-state index contributed by atoms with van der Waals surface area (Å²) in [7, 11) is 0. The number of rotatable bonds is 8. The van der Waals surface area contributed by atoms with Crippen molar-refractivity contribution >= 4 is 51.4 Å². The van der Waals surface area contributed by atoms with Crippen molar-refractivity contribution in [1.29, 1.82) is 0 Å². The summed E-state index contributed by atoms with van der Waals surface area (Å²) in [6, 6.07) is 11.9. The van der Waals surface area contributed by atoms with Crippen molar-refractivity contribution in [2.45, 2.75) is 32.9 Å². The maximum absolute atomic E-state index is 13.1. The Kier molecular flexibility index (Phi) is 8.75. The van der Waals surface area contributed by atoms with Gasteiger partial charge >= 0.3 is 12.1 Å². The lowest BCUT2D eigenvalue weighted by molar-refractivity contribution is -0.137. The van der Waals surface area contributed by atoms with Gasteiger partial charge in [-0.25, -0.2) is 4.79 Å². The summed E-state index contributed by atoms with van der Waals surface area (Å²) < 4.78 is 44.3. The highest BCUT2D eigenvalue weighted by Crippen LogP contribution is 2.37. The molecule has 0 unspecified atom stereocenters. The number of carbonyl (C=O) groups is 3. The van der Waals surface area contributed by atoms with E-state index >= 15 is 0 Å². The van der Waals surface area contributed by atoms with Crippen LogP contribution in [-0.4, -0.2) is 24.4 Å². The first-order chi connectivity index (χ1) is 17.0. The van der Waals surface area contributed by atoms with Crippen molar-refractivity contribution < 1.29 is 32.3 Å². The Morgan fingerprint density at radius 1 is 1.06 bits per heavy atom. The minimum Gasteiger partial charge on any atom is -0.462 e. The fraction of sp³-hybridized carbons (Fsp3) is 0.240. The maximum Gasteiger partial charge on any atom is 0.416 e. The van der Waals surface area contributed by atoms with Gasteiger partial charge in [-0.05, 0) is 49.6 Å². The van der Waals surface area contributed by atoms with Gasteiger partial charge in [0.1, 0.15) is 5.00 Å². The number of alkyl halides is 3. The molecule has 1 aromatic heterocycles. The molecule has 0 spiro atoms. The first-order valence-electron chi connectivity index (χ1n) is 10.8. The molecule has 2 amide bonds. The SMILES string of the molecule is CCOC(=O)c1c(NC(=O)CCc2ccccc2)sc(C(=O)Nc2cc(C(F)(F)F)ccc2Cl)c1C. The number of anilines is 2. The van der Waals surface area contributed by atoms with E-state index < -0.39 is 23.6 Å². The molecule has 11 heteroatoms. The zero-order chi connectivity index (χ0) is 26.5. The van der Waals surface area contributed by atoms with Crippen LogP contribution >= 0.6 is 22.9 Å². The monoisotopic (exact) mass is 538 g/mol. The fourth-order valence-electron chi connectivity index (χ4n) is 3.34. The molecule has 0 fully saturated rings. The summed E-state index contributed by atoms with van der Waals surface area (Å²) in [5.74, 6) is -1.90. The maximum atomic E-state index is 13.1. The van der Waals surface area contributed by atoms with Crippen LogP contribution in [0.2, 0.25) is 5.02 Å². The van der Waals surface area contributed by atoms with Gasteiger partial charge in [-0.1, -0.05) is 41.9 Å². The molecule has 2 N–H and O–H groups in total. The Balaban J connectivity index is 1.86. The number of hydrogen-bond donors (Lipinski definition) is 2. The van der Waals surface area contributed by atoms with Gasteiger partial charge in [-0.2, -0.15) is 13.2 Å². The van der Waals surface area contributed by atoms with Crippen molar-refractivity contribution in [2.75, 3.05) is 17.2 Å². The summed E-state index contributed by atoms with van der Waals surface area (Å²) in [6.07, 6.45) is -4.03. The highest BCUT2D eigenvalue weighted by Gasteiger charge is 2.32. The molecule has 3 rings (SSSR count). The average molecular weight is 539 g/mol. The van der Waals surface area contributed by atoms with Gasteiger partial charge in [0, 0.05) is 6.42 Å². The zero-order valence-corrected chi connectivity index (χ0v) is 20.9. The van der Waals surface area contributed by atoms with Crippen LogP contribution in [0.15, 0.2) is 48.5 Å². The van der Waals surface area contributed by atoms with Crippen molar-refractivity contribution in [1.82, 2.24) is 0 Å². The standard InChI is InChI=1S/C25H22ClF3N2O4S/c1-3-35-24(34)20-14(2)21(22(33)30-18-13-16(25(27,28)29)10-11-17(18)26)36-23(20)31-19(32)12-9-15-7-5-4-6-8-15/h4-8,10-11,13H,3,9,12H2,1-2H3,(H,30,33)(H,31,32). The van der Waals surface area contributed by atoms with Gasteiger partial charge in [0.15, 0.2) is 0 Å². The smallest absolute Gasteiger partial charge is 0.416 e. The molecule has 0 saturated carbocycles. The van der Waals surface area contributed by atoms with E-state index in [1.165, 1.54) is 6.92 Å². The largest absolute Gasteiger partial charge is 0.462 e. The molecule has 0 aliphatic heterocycles. The summed E-state index contributed by atoms with van der Waals surface area (Å²) in [4.78, 5) is 38.2. The number of carbonyl (C=O) groups excluding carboxylic acids is 3. The van der Waals surface area contributed by atoms with E-state index in [1.54, 1.807) is 6.92 Å². The highest BCUT2D eigenvalue weighted by molar-refractivity contribution is 7.19. The molecular formula is C25H22ClF3N2O4S. The number of aryl methyl sites for hydroxylation is 1. The third kappa shape index (κ3) is 6.64. The number of amides is 2. The Morgan fingerprint density at radius 3 is 2.39 bits per heavy atom. The third-order valence-electron chi connectivity index (χ3n) is 5.11. The predicted octanol–water partition coefficient (Wildman–Crippen LogP) is 6.73. The number of halogens is 4. The molecule has 0 bridgehead atoms. The van der Waals surface area contributed by atoms with Gasteiger partial charge in [0.2, 0.25) is 5.91 Å². The second-order valence-electron chi connectivity index (χ2n) is 7.66. The molecule has 2 aromatic carbocycles. The third-order valence-corrected chi connectivity index (χ3v) is 6.65. The van der Waals surface area contributed by atoms with Gasteiger partial charge in [0.25, 0.3) is 5.91 Å². The molecule has 6 nitrogen and oxygen atoms in total. The van der Waals surface area contributed by atoms with E-state index in [1.807, 2.05) is 30.3 Å². The lowest BCUT2D eigenvalue weighted by Gasteiger charge is -2.11. The van der Waals surface area contributed by atoms with E-state index in [0.29, 0.717) is 6.42 Å². The van der Waals surface area contributed by atoms with Crippen LogP contribution in [-0.2, 0) is 22.1 Å². The summed E-state index contributed by atoms with van der Waals surface area (Å²) in [5, 5.41) is 5.05. The molecule has 0 aliphatic rings. The molecule has 190 valence electrons. The normalized spacial score (nSPS) is 11.2. The molecule has 0 radical (unpaired) electrons. The number of thiophene rings is 1. The van der Waals surface area contributed by atoms with Gasteiger partial charge < -0.3 is 15.4 Å². The fourth-order valence-corrected chi connectivity index (χ4v) is 4.61. The topological polar surface area (TPSA) is 84.5 Å². The minimum atomic E-state index is -4.63. The van der Waals surface area contributed by atoms with Crippen molar-refractivity contribution in [3.05, 3.63) is 80.7 Å². The van der Waals surface area contributed by atoms with Crippen LogP contribution in [0, 0.1) is 6.92 Å². The molecule has 3 aromatic rings. The Morgan fingerprint density at radius 2 is 1.75 bits per heavy atom. The first kappa shape index (κ1) is 27.2. The summed E-state index contributed by atoms with van der Waals surface area (Å²) >= 11 is 6.81. The lowest BCUT2D eigenvalue weighted by atomic mass is 10.1. The molecule has 0 saturated heterocycles. The van der Waals surface area contributed by atoms with Crippen LogP contribution in [0.4, 0.5) is 23.9 Å². The van der Waals surface area contributed by atoms with Crippen molar-refractivity contribution in [2.24, 2.45) is 0 Å². The zero-order valence-electron chi connectivity index (χ0n) is 19.3. The highest BCUT2D eigenvalue weighted by atomic mass is 35.5. The van der Waals surface area contributed by atoms with Crippen LogP contribution in [0.1, 0.15) is 50.1 Å². The molecule has 0 aliphatic carbocycles. The molecular weight excluding hydrogens is 517 g/mol. The van der Waals surface area contributed by atoms with E-state index in [-0.39, 0.29) is 50.7 Å². The summed E-state index contributed by atoms with van der Waals surface area (Å²) in [5.41, 5.74) is -0.0367. The summed E-state index contributed by atoms with van der Waals surface area (Å²) in [6.45, 7) is 3.17. The molecule has 1 heterocycles. The number of nitrogens with one attached hydrogen (secondary N) is 2. The van der Waals surface area contributed by atoms with Crippen LogP contribution in [0.25, 0.3) is 0 Å². The Hall–Kier alpha value is -3.37. The van der Waals surface area contributed by atoms with Gasteiger partial charge in [-0.15, -0.1) is 11.3 Å². The van der Waals surface area contributed by atoms with Crippen LogP contribution in [0.3, 0.4) is 0 Å². The Bertz CT molecular complexity index is 1280. The quantitative estimate of drug-likeness (QED) is 0.311. The number of benzene rings is 2.